The molecule has 0 aliphatic rings. The summed E-state index contributed by atoms with van der Waals surface area (Å²) in [4.78, 5) is 38.8. The van der Waals surface area contributed by atoms with Gasteiger partial charge < -0.3 is 0 Å². The van der Waals surface area contributed by atoms with Crippen LogP contribution in [0.1, 0.15) is 27.0 Å². The normalized spacial score (nSPS) is 11.6. The Morgan fingerprint density at radius 2 is 1.69 bits per heavy atom. The molecule has 3 aromatic heterocycles. The first-order chi connectivity index (χ1) is 17.2. The molecule has 0 amide bonds. The lowest BCUT2D eigenvalue weighted by atomic mass is 10.0. The van der Waals surface area contributed by atoms with Gasteiger partial charge in [0.2, 0.25) is 5.78 Å². The lowest BCUT2D eigenvalue weighted by Crippen LogP contribution is -2.37. The number of aromatic nitrogens is 6. The number of rotatable bonds is 6. The molecule has 36 heavy (non-hydrogen) atoms. The molecule has 0 atom stereocenters. The van der Waals surface area contributed by atoms with E-state index in [1.54, 1.807) is 34.2 Å². The van der Waals surface area contributed by atoms with E-state index >= 15 is 0 Å². The summed E-state index contributed by atoms with van der Waals surface area (Å²) in [6.45, 7) is 4.16. The third kappa shape index (κ3) is 3.85. The number of carbonyl (C=O) groups is 1. The summed E-state index contributed by atoms with van der Waals surface area (Å²) in [7, 11) is 2.98. The number of ketones is 1. The van der Waals surface area contributed by atoms with Crippen LogP contribution in [-0.4, -0.2) is 39.8 Å². The minimum absolute atomic E-state index is 0.0697. The smallest absolute Gasteiger partial charge is 0.298 e. The van der Waals surface area contributed by atoms with Gasteiger partial charge in [0.05, 0.1) is 12.3 Å². The lowest BCUT2D eigenvalue weighted by Gasteiger charge is -2.08. The summed E-state index contributed by atoms with van der Waals surface area (Å²) in [6.07, 6.45) is 0. The van der Waals surface area contributed by atoms with Crippen LogP contribution in [-0.2, 0) is 20.6 Å². The van der Waals surface area contributed by atoms with Crippen LogP contribution in [0.2, 0.25) is 0 Å². The van der Waals surface area contributed by atoms with E-state index in [2.05, 4.69) is 10.2 Å². The first kappa shape index (κ1) is 23.7. The van der Waals surface area contributed by atoms with Gasteiger partial charge in [-0.05, 0) is 48.7 Å². The molecule has 9 nitrogen and oxygen atoms in total. The highest BCUT2D eigenvalue weighted by Crippen LogP contribution is 2.25. The fraction of sp³-hybridized carbons (Fsp3) is 0.240. The van der Waals surface area contributed by atoms with Crippen molar-refractivity contribution in [1.29, 1.82) is 0 Å². The van der Waals surface area contributed by atoms with Crippen LogP contribution in [0.4, 0.5) is 4.39 Å². The van der Waals surface area contributed by atoms with Gasteiger partial charge in [0, 0.05) is 19.7 Å². The molecule has 0 N–H and O–H groups in total. The molecule has 5 rings (SSSR count). The zero-order valence-electron chi connectivity index (χ0n) is 20.1. The minimum atomic E-state index is -0.496. The first-order valence-corrected chi connectivity index (χ1v) is 12.2. The van der Waals surface area contributed by atoms with Crippen molar-refractivity contribution in [1.82, 2.24) is 28.3 Å². The van der Waals surface area contributed by atoms with Crippen LogP contribution in [0.25, 0.3) is 16.9 Å². The highest BCUT2D eigenvalue weighted by molar-refractivity contribution is 7.99. The van der Waals surface area contributed by atoms with E-state index < -0.39 is 11.2 Å². The largest absolute Gasteiger partial charge is 0.332 e. The van der Waals surface area contributed by atoms with Crippen LogP contribution in [0.3, 0.4) is 0 Å². The molecule has 0 saturated carbocycles. The maximum Gasteiger partial charge on any atom is 0.332 e. The molecule has 0 aliphatic carbocycles. The van der Waals surface area contributed by atoms with Gasteiger partial charge in [0.15, 0.2) is 22.1 Å². The molecular formula is C25H23FN6O3S. The number of imidazole rings is 1. The van der Waals surface area contributed by atoms with Crippen molar-refractivity contribution in [3.63, 3.8) is 0 Å². The van der Waals surface area contributed by atoms with Gasteiger partial charge >= 0.3 is 5.69 Å². The van der Waals surface area contributed by atoms with Gasteiger partial charge in [-0.25, -0.2) is 13.6 Å². The maximum absolute atomic E-state index is 13.4. The standard InChI is InChI=1S/C25H23FN6O3S/c1-14-5-8-17(11-15(14)2)19(33)13-36-24-28-27-23-31(12-16-6-9-18(26)10-7-16)20-21(32(23)24)29(3)25(35)30(4)22(20)34/h5-11H,12-13H2,1-4H3. The Morgan fingerprint density at radius 3 is 2.39 bits per heavy atom. The van der Waals surface area contributed by atoms with Crippen LogP contribution < -0.4 is 11.2 Å². The van der Waals surface area contributed by atoms with Crippen LogP contribution in [0.5, 0.6) is 0 Å². The quantitative estimate of drug-likeness (QED) is 0.260. The molecule has 0 radical (unpaired) electrons. The van der Waals surface area contributed by atoms with Crippen LogP contribution in [0.15, 0.2) is 57.2 Å². The van der Waals surface area contributed by atoms with Crippen molar-refractivity contribution in [2.75, 3.05) is 5.75 Å². The van der Waals surface area contributed by atoms with Gasteiger partial charge in [-0.1, -0.05) is 36.0 Å². The fourth-order valence-corrected chi connectivity index (χ4v) is 5.00. The number of fused-ring (bicyclic) bond motifs is 3. The maximum atomic E-state index is 13.4. The predicted octanol–water partition coefficient (Wildman–Crippen LogP) is 2.86. The summed E-state index contributed by atoms with van der Waals surface area (Å²) >= 11 is 1.18. The molecule has 184 valence electrons. The van der Waals surface area contributed by atoms with Gasteiger partial charge in [0.25, 0.3) is 5.56 Å². The summed E-state index contributed by atoms with van der Waals surface area (Å²) in [5.41, 5.74) is 3.09. The Labute approximate surface area is 208 Å². The third-order valence-electron chi connectivity index (χ3n) is 6.37. The van der Waals surface area contributed by atoms with Crippen molar-refractivity contribution in [3.05, 3.63) is 91.4 Å². The van der Waals surface area contributed by atoms with Gasteiger partial charge in [-0.2, -0.15) is 0 Å². The molecule has 0 fully saturated rings. The average Bonchev–Trinajstić information content (AvgIpc) is 3.41. The Kier molecular flexibility index (Phi) is 5.87. The Morgan fingerprint density at radius 1 is 0.972 bits per heavy atom. The van der Waals surface area contributed by atoms with Crippen molar-refractivity contribution in [3.8, 4) is 0 Å². The molecule has 11 heteroatoms. The van der Waals surface area contributed by atoms with E-state index in [1.807, 2.05) is 26.0 Å². The lowest BCUT2D eigenvalue weighted by molar-refractivity contribution is 0.102. The van der Waals surface area contributed by atoms with Gasteiger partial charge in [0.1, 0.15) is 5.82 Å². The fourth-order valence-electron chi connectivity index (χ4n) is 4.17. The number of Topliss-reactive ketones (excluding diaryl/α,β-unsaturated/α-hetero) is 1. The van der Waals surface area contributed by atoms with Crippen molar-refractivity contribution in [2.45, 2.75) is 25.5 Å². The third-order valence-corrected chi connectivity index (χ3v) is 7.29. The molecule has 0 unspecified atom stereocenters. The molecule has 5 aromatic rings. The Bertz CT molecular complexity index is 1780. The second kappa shape index (κ2) is 8.90. The van der Waals surface area contributed by atoms with Crippen molar-refractivity contribution in [2.24, 2.45) is 14.1 Å². The van der Waals surface area contributed by atoms with E-state index in [-0.39, 0.29) is 29.4 Å². The zero-order valence-corrected chi connectivity index (χ0v) is 21.0. The zero-order chi connectivity index (χ0) is 25.7. The predicted molar refractivity (Wildman–Crippen MR) is 135 cm³/mol. The number of hydrogen-bond donors (Lipinski definition) is 0. The van der Waals surface area contributed by atoms with Crippen molar-refractivity contribution >= 4 is 34.5 Å². The Hall–Kier alpha value is -3.99. The Balaban J connectivity index is 1.63. The second-order valence-electron chi connectivity index (χ2n) is 8.72. The van der Waals surface area contributed by atoms with Crippen LogP contribution >= 0.6 is 11.8 Å². The molecule has 3 heterocycles. The summed E-state index contributed by atoms with van der Waals surface area (Å²) in [5, 5.41) is 8.94. The number of benzene rings is 2. The molecular weight excluding hydrogens is 483 g/mol. The number of carbonyl (C=O) groups excluding carboxylic acids is 1. The first-order valence-electron chi connectivity index (χ1n) is 11.2. The van der Waals surface area contributed by atoms with Crippen LogP contribution in [0, 0.1) is 19.7 Å². The van der Waals surface area contributed by atoms with E-state index in [0.29, 0.717) is 22.1 Å². The van der Waals surface area contributed by atoms with Gasteiger partial charge in [-0.3, -0.25) is 23.3 Å². The van der Waals surface area contributed by atoms with Crippen molar-refractivity contribution < 1.29 is 9.18 Å². The molecule has 0 saturated heterocycles. The monoisotopic (exact) mass is 506 g/mol. The average molecular weight is 507 g/mol. The number of thioether (sulfide) groups is 1. The number of halogens is 1. The van der Waals surface area contributed by atoms with E-state index in [0.717, 1.165) is 21.3 Å². The molecule has 0 spiro atoms. The summed E-state index contributed by atoms with van der Waals surface area (Å²) in [5.74, 6) is 0.00910. The number of nitrogens with zero attached hydrogens (tertiary/aromatic N) is 6. The van der Waals surface area contributed by atoms with Gasteiger partial charge in [-0.15, -0.1) is 10.2 Å². The highest BCUT2D eigenvalue weighted by atomic mass is 32.2. The minimum Gasteiger partial charge on any atom is -0.298 e. The summed E-state index contributed by atoms with van der Waals surface area (Å²) < 4.78 is 19.1. The molecule has 0 bridgehead atoms. The number of hydrogen-bond acceptors (Lipinski definition) is 6. The molecule has 2 aromatic carbocycles. The number of aryl methyl sites for hydroxylation is 3. The van der Waals surface area contributed by atoms with E-state index in [4.69, 9.17) is 0 Å². The van der Waals surface area contributed by atoms with E-state index in [9.17, 15) is 18.8 Å². The topological polar surface area (TPSA) is 96.2 Å². The second-order valence-corrected chi connectivity index (χ2v) is 9.66. The highest BCUT2D eigenvalue weighted by Gasteiger charge is 2.24. The SMILES string of the molecule is Cc1ccc(C(=O)CSc2nnc3n(Cc4ccc(F)cc4)c4c(=O)n(C)c(=O)n(C)c4n23)cc1C. The molecule has 0 aliphatic heterocycles. The van der Waals surface area contributed by atoms with E-state index in [1.165, 1.54) is 35.5 Å². The summed E-state index contributed by atoms with van der Waals surface area (Å²) in [6, 6.07) is 11.5.